The van der Waals surface area contributed by atoms with E-state index < -0.39 is 0 Å². The van der Waals surface area contributed by atoms with E-state index in [1.165, 1.54) is 21.8 Å². The highest BCUT2D eigenvalue weighted by Crippen LogP contribution is 2.34. The summed E-state index contributed by atoms with van der Waals surface area (Å²) in [5, 5.41) is 2.48. The molecule has 42 heavy (non-hydrogen) atoms. The van der Waals surface area contributed by atoms with Crippen molar-refractivity contribution in [1.29, 1.82) is 0 Å². The maximum Gasteiger partial charge on any atom is 0.185 e. The number of anilines is 3. The molecule has 3 heteroatoms. The first kappa shape index (κ1) is 25.3. The lowest BCUT2D eigenvalue weighted by Crippen LogP contribution is -2.09. The van der Waals surface area contributed by atoms with E-state index in [0.717, 1.165) is 28.3 Å². The summed E-state index contributed by atoms with van der Waals surface area (Å²) in [7, 11) is 0. The van der Waals surface area contributed by atoms with Crippen LogP contribution in [0, 0.1) is 0 Å². The quantitative estimate of drug-likeness (QED) is 0.148. The zero-order valence-electron chi connectivity index (χ0n) is 23.0. The molecule has 3 nitrogen and oxygen atoms in total. The molecular formula is C39H28N2O. The number of aromatic nitrogens is 1. The van der Waals surface area contributed by atoms with Crippen LogP contribution >= 0.6 is 0 Å². The summed E-state index contributed by atoms with van der Waals surface area (Å²) in [4.78, 5) is 15.3. The minimum atomic E-state index is -0.0287. The minimum absolute atomic E-state index is 0.0287. The van der Waals surface area contributed by atoms with Gasteiger partial charge in [-0.15, -0.1) is 0 Å². The molecule has 0 saturated heterocycles. The second-order valence-corrected chi connectivity index (χ2v) is 10.2. The van der Waals surface area contributed by atoms with Gasteiger partial charge in [-0.2, -0.15) is 0 Å². The molecule has 200 valence electrons. The number of allylic oxidation sites excluding steroid dienone is 1. The van der Waals surface area contributed by atoms with E-state index in [1.54, 1.807) is 6.08 Å². The van der Waals surface area contributed by atoms with Crippen molar-refractivity contribution in [1.82, 2.24) is 4.57 Å². The molecule has 0 aliphatic rings. The molecule has 0 unspecified atom stereocenters. The van der Waals surface area contributed by atoms with Crippen LogP contribution in [0.25, 0.3) is 33.6 Å². The second-order valence-electron chi connectivity index (χ2n) is 10.2. The SMILES string of the molecule is O=C(C=Cc1ccc(-n2c3ccccc3c3ccccc32)cc1)c1ccc(N(c2ccccc2)c2ccccc2)cc1. The van der Waals surface area contributed by atoms with Gasteiger partial charge in [0.2, 0.25) is 0 Å². The van der Waals surface area contributed by atoms with Crippen molar-refractivity contribution in [2.24, 2.45) is 0 Å². The number of ketones is 1. The number of hydrogen-bond donors (Lipinski definition) is 0. The normalized spacial score (nSPS) is 11.3. The van der Waals surface area contributed by atoms with Crippen LogP contribution in [0.2, 0.25) is 0 Å². The number of fused-ring (bicyclic) bond motifs is 3. The zero-order chi connectivity index (χ0) is 28.3. The summed E-state index contributed by atoms with van der Waals surface area (Å²) < 4.78 is 2.29. The molecule has 0 amide bonds. The molecule has 0 atom stereocenters. The molecule has 0 spiro atoms. The predicted octanol–water partition coefficient (Wildman–Crippen LogP) is 10.1. The van der Waals surface area contributed by atoms with Crippen LogP contribution in [-0.4, -0.2) is 10.4 Å². The van der Waals surface area contributed by atoms with E-state index in [0.29, 0.717) is 5.56 Å². The van der Waals surface area contributed by atoms with E-state index in [2.05, 4.69) is 107 Å². The van der Waals surface area contributed by atoms with Crippen LogP contribution in [-0.2, 0) is 0 Å². The fraction of sp³-hybridized carbons (Fsp3) is 0. The molecule has 6 aromatic carbocycles. The van der Waals surface area contributed by atoms with Gasteiger partial charge in [0.15, 0.2) is 5.78 Å². The van der Waals surface area contributed by atoms with Gasteiger partial charge in [-0.1, -0.05) is 91.0 Å². The molecule has 1 heterocycles. The Balaban J connectivity index is 1.12. The fourth-order valence-electron chi connectivity index (χ4n) is 5.58. The number of rotatable bonds is 7. The largest absolute Gasteiger partial charge is 0.311 e. The summed E-state index contributed by atoms with van der Waals surface area (Å²) in [6.45, 7) is 0. The first-order chi connectivity index (χ1) is 20.8. The number of para-hydroxylation sites is 4. The van der Waals surface area contributed by atoms with E-state index in [9.17, 15) is 4.79 Å². The lowest BCUT2D eigenvalue weighted by atomic mass is 10.1. The lowest BCUT2D eigenvalue weighted by molar-refractivity contribution is 0.104. The van der Waals surface area contributed by atoms with Gasteiger partial charge in [0, 0.05) is 39.1 Å². The smallest absolute Gasteiger partial charge is 0.185 e. The van der Waals surface area contributed by atoms with Crippen molar-refractivity contribution in [3.8, 4) is 5.69 Å². The Kier molecular flexibility index (Phi) is 6.67. The number of nitrogens with zero attached hydrogens (tertiary/aromatic N) is 2. The molecule has 7 aromatic rings. The fourth-order valence-corrected chi connectivity index (χ4v) is 5.58. The van der Waals surface area contributed by atoms with Crippen LogP contribution in [0.1, 0.15) is 15.9 Å². The highest BCUT2D eigenvalue weighted by Gasteiger charge is 2.13. The van der Waals surface area contributed by atoms with Crippen molar-refractivity contribution in [3.05, 3.63) is 175 Å². The molecule has 0 radical (unpaired) electrons. The first-order valence-electron chi connectivity index (χ1n) is 14.1. The van der Waals surface area contributed by atoms with Crippen molar-refractivity contribution in [2.75, 3.05) is 4.90 Å². The monoisotopic (exact) mass is 540 g/mol. The van der Waals surface area contributed by atoms with Crippen molar-refractivity contribution in [2.45, 2.75) is 0 Å². The highest BCUT2D eigenvalue weighted by atomic mass is 16.1. The number of carbonyl (C=O) groups excluding carboxylic acids is 1. The number of carbonyl (C=O) groups is 1. The number of benzene rings is 6. The summed E-state index contributed by atoms with van der Waals surface area (Å²) in [5.74, 6) is -0.0287. The third kappa shape index (κ3) is 4.78. The standard InChI is InChI=1S/C39H28N2O/c42-39(30-22-26-33(27-23-30)40(31-11-3-1-4-12-31)32-13-5-2-6-14-32)28-21-29-19-24-34(25-20-29)41-37-17-9-7-15-35(37)36-16-8-10-18-38(36)41/h1-28H. The van der Waals surface area contributed by atoms with Gasteiger partial charge < -0.3 is 9.47 Å². The van der Waals surface area contributed by atoms with Gasteiger partial charge in [0.25, 0.3) is 0 Å². The summed E-state index contributed by atoms with van der Waals surface area (Å²) >= 11 is 0. The lowest BCUT2D eigenvalue weighted by Gasteiger charge is -2.25. The van der Waals surface area contributed by atoms with Gasteiger partial charge in [-0.25, -0.2) is 0 Å². The van der Waals surface area contributed by atoms with Gasteiger partial charge >= 0.3 is 0 Å². The van der Waals surface area contributed by atoms with Crippen LogP contribution in [0.3, 0.4) is 0 Å². The topological polar surface area (TPSA) is 25.2 Å². The van der Waals surface area contributed by atoms with Crippen molar-refractivity contribution < 1.29 is 4.79 Å². The Morgan fingerprint density at radius 1 is 0.500 bits per heavy atom. The predicted molar refractivity (Wildman–Crippen MR) is 175 cm³/mol. The minimum Gasteiger partial charge on any atom is -0.311 e. The van der Waals surface area contributed by atoms with Crippen LogP contribution in [0.15, 0.2) is 164 Å². The van der Waals surface area contributed by atoms with Crippen LogP contribution in [0.4, 0.5) is 17.1 Å². The van der Waals surface area contributed by atoms with Gasteiger partial charge in [0.1, 0.15) is 0 Å². The Hall–Kier alpha value is -5.67. The van der Waals surface area contributed by atoms with Gasteiger partial charge in [0.05, 0.1) is 11.0 Å². The first-order valence-corrected chi connectivity index (χ1v) is 14.1. The van der Waals surface area contributed by atoms with Crippen molar-refractivity contribution in [3.63, 3.8) is 0 Å². The van der Waals surface area contributed by atoms with Crippen LogP contribution < -0.4 is 4.90 Å². The molecule has 1 aromatic heterocycles. The molecule has 0 aliphatic heterocycles. The molecule has 0 saturated carbocycles. The molecular weight excluding hydrogens is 512 g/mol. The summed E-state index contributed by atoms with van der Waals surface area (Å²) in [6, 6.07) is 53.6. The van der Waals surface area contributed by atoms with E-state index in [4.69, 9.17) is 0 Å². The Bertz CT molecular complexity index is 1930. The van der Waals surface area contributed by atoms with Gasteiger partial charge in [-0.05, 0) is 84.4 Å². The summed E-state index contributed by atoms with van der Waals surface area (Å²) in [6.07, 6.45) is 3.53. The molecule has 0 bridgehead atoms. The van der Waals surface area contributed by atoms with E-state index >= 15 is 0 Å². The van der Waals surface area contributed by atoms with Crippen LogP contribution in [0.5, 0.6) is 0 Å². The highest BCUT2D eigenvalue weighted by molar-refractivity contribution is 6.09. The van der Waals surface area contributed by atoms with E-state index in [1.807, 2.05) is 66.7 Å². The Morgan fingerprint density at radius 3 is 1.52 bits per heavy atom. The molecule has 7 rings (SSSR count). The summed E-state index contributed by atoms with van der Waals surface area (Å²) in [5.41, 5.74) is 8.19. The maximum atomic E-state index is 13.1. The van der Waals surface area contributed by atoms with Gasteiger partial charge in [-0.3, -0.25) is 4.79 Å². The Morgan fingerprint density at radius 2 is 0.976 bits per heavy atom. The average molecular weight is 541 g/mol. The Labute approximate surface area is 245 Å². The third-order valence-electron chi connectivity index (χ3n) is 7.60. The van der Waals surface area contributed by atoms with Crippen molar-refractivity contribution >= 4 is 50.7 Å². The second kappa shape index (κ2) is 11.1. The third-order valence-corrected chi connectivity index (χ3v) is 7.60. The number of hydrogen-bond acceptors (Lipinski definition) is 2. The molecule has 0 aliphatic carbocycles. The maximum absolute atomic E-state index is 13.1. The van der Waals surface area contributed by atoms with E-state index in [-0.39, 0.29) is 5.78 Å². The zero-order valence-corrected chi connectivity index (χ0v) is 23.0. The molecule has 0 N–H and O–H groups in total. The average Bonchev–Trinajstić information content (AvgIpc) is 3.40. The molecule has 0 fully saturated rings.